The molecule has 104 valence electrons. The number of aliphatic hydroxyl groups is 1. The van der Waals surface area contributed by atoms with Crippen LogP contribution in [0, 0.1) is 11.6 Å². The third-order valence-electron chi connectivity index (χ3n) is 3.35. The first-order valence-electron chi connectivity index (χ1n) is 6.13. The van der Waals surface area contributed by atoms with Gasteiger partial charge in [-0.3, -0.25) is 0 Å². The van der Waals surface area contributed by atoms with Gasteiger partial charge < -0.3 is 9.84 Å². The van der Waals surface area contributed by atoms with Crippen LogP contribution in [0.25, 0.3) is 0 Å². The average molecular weight is 297 g/mol. The van der Waals surface area contributed by atoms with E-state index in [4.69, 9.17) is 16.3 Å². The van der Waals surface area contributed by atoms with E-state index < -0.39 is 23.8 Å². The van der Waals surface area contributed by atoms with Crippen LogP contribution in [0.4, 0.5) is 8.78 Å². The van der Waals surface area contributed by atoms with E-state index in [9.17, 15) is 13.9 Å². The van der Waals surface area contributed by atoms with E-state index in [1.54, 1.807) is 6.07 Å². The highest BCUT2D eigenvalue weighted by molar-refractivity contribution is 6.30. The molecule has 1 heterocycles. The maximum absolute atomic E-state index is 13.5. The van der Waals surface area contributed by atoms with Crippen LogP contribution in [-0.2, 0) is 0 Å². The van der Waals surface area contributed by atoms with E-state index in [0.717, 1.165) is 0 Å². The summed E-state index contributed by atoms with van der Waals surface area (Å²) in [5.74, 6) is -0.556. The second kappa shape index (κ2) is 5.04. The minimum atomic E-state index is -0.849. The van der Waals surface area contributed by atoms with Crippen LogP contribution >= 0.6 is 11.6 Å². The van der Waals surface area contributed by atoms with Gasteiger partial charge in [0, 0.05) is 12.0 Å². The van der Waals surface area contributed by atoms with Crippen LogP contribution in [-0.4, -0.2) is 5.11 Å². The smallest absolute Gasteiger partial charge is 0.142 e. The van der Waals surface area contributed by atoms with Gasteiger partial charge >= 0.3 is 0 Å². The molecule has 20 heavy (non-hydrogen) atoms. The van der Waals surface area contributed by atoms with Gasteiger partial charge in [-0.05, 0) is 35.9 Å². The number of aliphatic hydroxyl groups excluding tert-OH is 1. The van der Waals surface area contributed by atoms with Crippen LogP contribution in [0.15, 0.2) is 36.4 Å². The van der Waals surface area contributed by atoms with E-state index in [1.165, 1.54) is 30.3 Å². The maximum Gasteiger partial charge on any atom is 0.142 e. The molecule has 2 aromatic carbocycles. The SMILES string of the molecule is O[C@H]1CC(c2ccc(Cl)c(F)c2)Oc2ccc(F)cc21. The monoisotopic (exact) mass is 296 g/mol. The van der Waals surface area contributed by atoms with Crippen molar-refractivity contribution in [1.82, 2.24) is 0 Å². The second-order valence-electron chi connectivity index (χ2n) is 4.71. The van der Waals surface area contributed by atoms with Gasteiger partial charge in [0.2, 0.25) is 0 Å². The van der Waals surface area contributed by atoms with Crippen molar-refractivity contribution in [3.8, 4) is 5.75 Å². The molecule has 1 N–H and O–H groups in total. The molecule has 2 atom stereocenters. The fourth-order valence-electron chi connectivity index (χ4n) is 2.33. The van der Waals surface area contributed by atoms with Crippen molar-refractivity contribution in [3.05, 3.63) is 64.2 Å². The Balaban J connectivity index is 1.94. The second-order valence-corrected chi connectivity index (χ2v) is 5.12. The molecule has 0 spiro atoms. The van der Waals surface area contributed by atoms with Crippen LogP contribution in [0.3, 0.4) is 0 Å². The van der Waals surface area contributed by atoms with Gasteiger partial charge in [-0.1, -0.05) is 17.7 Å². The molecule has 0 radical (unpaired) electrons. The van der Waals surface area contributed by atoms with Crippen LogP contribution in [0.2, 0.25) is 5.02 Å². The maximum atomic E-state index is 13.5. The zero-order valence-corrected chi connectivity index (χ0v) is 11.1. The Morgan fingerprint density at radius 2 is 1.95 bits per heavy atom. The summed E-state index contributed by atoms with van der Waals surface area (Å²) in [4.78, 5) is 0. The number of hydrogen-bond acceptors (Lipinski definition) is 2. The summed E-state index contributed by atoms with van der Waals surface area (Å²) >= 11 is 5.64. The summed E-state index contributed by atoms with van der Waals surface area (Å²) in [5.41, 5.74) is 0.997. The lowest BCUT2D eigenvalue weighted by Gasteiger charge is -2.30. The minimum absolute atomic E-state index is 0.0348. The highest BCUT2D eigenvalue weighted by Gasteiger charge is 2.28. The molecule has 3 rings (SSSR count). The van der Waals surface area contributed by atoms with Crippen molar-refractivity contribution in [1.29, 1.82) is 0 Å². The molecule has 0 saturated heterocycles. The molecular weight excluding hydrogens is 286 g/mol. The molecular formula is C15H11ClF2O2. The zero-order valence-electron chi connectivity index (χ0n) is 10.3. The number of halogens is 3. The molecule has 0 bridgehead atoms. The van der Waals surface area contributed by atoms with Gasteiger partial charge in [0.15, 0.2) is 0 Å². The topological polar surface area (TPSA) is 29.5 Å². The number of benzene rings is 2. The van der Waals surface area contributed by atoms with Crippen molar-refractivity contribution < 1.29 is 18.6 Å². The first kappa shape index (κ1) is 13.3. The first-order chi connectivity index (χ1) is 9.54. The Morgan fingerprint density at radius 1 is 1.15 bits per heavy atom. The van der Waals surface area contributed by atoms with Crippen molar-refractivity contribution >= 4 is 11.6 Å². The van der Waals surface area contributed by atoms with E-state index >= 15 is 0 Å². The third-order valence-corrected chi connectivity index (χ3v) is 3.66. The first-order valence-corrected chi connectivity index (χ1v) is 6.51. The Bertz CT molecular complexity index is 660. The fourth-order valence-corrected chi connectivity index (χ4v) is 2.45. The predicted octanol–water partition coefficient (Wildman–Crippen LogP) is 4.18. The highest BCUT2D eigenvalue weighted by atomic mass is 35.5. The molecule has 1 aliphatic heterocycles. The van der Waals surface area contributed by atoms with E-state index in [2.05, 4.69) is 0 Å². The van der Waals surface area contributed by atoms with Crippen molar-refractivity contribution in [2.24, 2.45) is 0 Å². The normalized spacial score (nSPS) is 21.2. The van der Waals surface area contributed by atoms with Crippen molar-refractivity contribution in [3.63, 3.8) is 0 Å². The number of hydrogen-bond donors (Lipinski definition) is 1. The lowest BCUT2D eigenvalue weighted by Crippen LogP contribution is -2.19. The molecule has 1 unspecified atom stereocenters. The molecule has 0 aromatic heterocycles. The van der Waals surface area contributed by atoms with Gasteiger partial charge in [0.05, 0.1) is 11.1 Å². The van der Waals surface area contributed by atoms with Gasteiger partial charge in [0.25, 0.3) is 0 Å². The third kappa shape index (κ3) is 2.37. The number of fused-ring (bicyclic) bond motifs is 1. The molecule has 0 amide bonds. The summed E-state index contributed by atoms with van der Waals surface area (Å²) in [6.45, 7) is 0. The molecule has 0 fully saturated rings. The van der Waals surface area contributed by atoms with Crippen molar-refractivity contribution in [2.45, 2.75) is 18.6 Å². The van der Waals surface area contributed by atoms with Crippen LogP contribution in [0.5, 0.6) is 5.75 Å². The lowest BCUT2D eigenvalue weighted by molar-refractivity contribution is 0.0652. The summed E-state index contributed by atoms with van der Waals surface area (Å²) in [6.07, 6.45) is -1.11. The van der Waals surface area contributed by atoms with Gasteiger partial charge in [-0.25, -0.2) is 8.78 Å². The Kier molecular flexibility index (Phi) is 3.36. The summed E-state index contributed by atoms with van der Waals surface area (Å²) < 4.78 is 32.3. The molecule has 0 saturated carbocycles. The Labute approximate surface area is 119 Å². The highest BCUT2D eigenvalue weighted by Crippen LogP contribution is 2.41. The van der Waals surface area contributed by atoms with Crippen LogP contribution < -0.4 is 4.74 Å². The molecule has 2 aromatic rings. The molecule has 1 aliphatic rings. The summed E-state index contributed by atoms with van der Waals surface area (Å²) in [5, 5.41) is 10.1. The summed E-state index contributed by atoms with van der Waals surface area (Å²) in [7, 11) is 0. The minimum Gasteiger partial charge on any atom is -0.485 e. The molecule has 2 nitrogen and oxygen atoms in total. The van der Waals surface area contributed by atoms with E-state index in [1.807, 2.05) is 0 Å². The van der Waals surface area contributed by atoms with Gasteiger partial charge in [0.1, 0.15) is 23.5 Å². The number of ether oxygens (including phenoxy) is 1. The average Bonchev–Trinajstić information content (AvgIpc) is 2.42. The van der Waals surface area contributed by atoms with E-state index in [-0.39, 0.29) is 11.4 Å². The van der Waals surface area contributed by atoms with Gasteiger partial charge in [-0.15, -0.1) is 0 Å². The lowest BCUT2D eigenvalue weighted by atomic mass is 9.95. The Morgan fingerprint density at radius 3 is 2.70 bits per heavy atom. The molecule has 0 aliphatic carbocycles. The van der Waals surface area contributed by atoms with Crippen molar-refractivity contribution in [2.75, 3.05) is 0 Å². The molecule has 5 heteroatoms. The predicted molar refractivity (Wildman–Crippen MR) is 70.8 cm³/mol. The quantitative estimate of drug-likeness (QED) is 0.855. The van der Waals surface area contributed by atoms with Gasteiger partial charge in [-0.2, -0.15) is 0 Å². The summed E-state index contributed by atoms with van der Waals surface area (Å²) in [6, 6.07) is 8.36. The number of rotatable bonds is 1. The van der Waals surface area contributed by atoms with E-state index in [0.29, 0.717) is 16.9 Å². The zero-order chi connectivity index (χ0) is 14.3. The Hall–Kier alpha value is -1.65. The van der Waals surface area contributed by atoms with Crippen LogP contribution in [0.1, 0.15) is 29.8 Å². The fraction of sp³-hybridized carbons (Fsp3) is 0.200. The standard InChI is InChI=1S/C15H11ClF2O2/c16-11-3-1-8(5-12(11)18)15-7-13(19)10-6-9(17)2-4-14(10)20-15/h1-6,13,15,19H,7H2/t13-,15?/m0/s1. The largest absolute Gasteiger partial charge is 0.485 e.